The van der Waals surface area contributed by atoms with E-state index in [1.165, 1.54) is 12.8 Å². The quantitative estimate of drug-likeness (QED) is 0.782. The molecule has 4 nitrogen and oxygen atoms in total. The Morgan fingerprint density at radius 2 is 2.32 bits per heavy atom. The van der Waals surface area contributed by atoms with Gasteiger partial charge in [-0.2, -0.15) is 0 Å². The van der Waals surface area contributed by atoms with Crippen LogP contribution in [0.2, 0.25) is 0 Å². The zero-order valence-corrected chi connectivity index (χ0v) is 11.2. The fraction of sp³-hybridized carbons (Fsp3) is 0.533. The van der Waals surface area contributed by atoms with E-state index in [1.807, 2.05) is 18.2 Å². The highest BCUT2D eigenvalue weighted by molar-refractivity contribution is 5.74. The van der Waals surface area contributed by atoms with E-state index in [9.17, 15) is 0 Å². The van der Waals surface area contributed by atoms with Gasteiger partial charge >= 0.3 is 0 Å². The van der Waals surface area contributed by atoms with Crippen LogP contribution in [-0.2, 0) is 11.2 Å². The van der Waals surface area contributed by atoms with Crippen LogP contribution in [0.4, 0.5) is 0 Å². The number of aryl methyl sites for hydroxylation is 1. The van der Waals surface area contributed by atoms with Gasteiger partial charge in [0.25, 0.3) is 0 Å². The molecular formula is C15H21N3O. The van der Waals surface area contributed by atoms with Gasteiger partial charge in [0.1, 0.15) is 5.82 Å². The lowest BCUT2D eigenvalue weighted by molar-refractivity contribution is 0.110. The molecule has 102 valence electrons. The van der Waals surface area contributed by atoms with E-state index in [1.54, 1.807) is 0 Å². The van der Waals surface area contributed by atoms with Crippen molar-refractivity contribution in [1.82, 2.24) is 15.3 Å². The molecule has 1 aromatic carbocycles. The monoisotopic (exact) mass is 259 g/mol. The molecule has 2 N–H and O–H groups in total. The molecule has 0 spiro atoms. The van der Waals surface area contributed by atoms with E-state index < -0.39 is 0 Å². The highest BCUT2D eigenvalue weighted by Crippen LogP contribution is 2.12. The Kier molecular flexibility index (Phi) is 4.10. The third-order valence-corrected chi connectivity index (χ3v) is 3.60. The number of ether oxygens (including phenoxy) is 1. The maximum absolute atomic E-state index is 5.58. The lowest BCUT2D eigenvalue weighted by Crippen LogP contribution is -2.27. The fourth-order valence-electron chi connectivity index (χ4n) is 2.57. The van der Waals surface area contributed by atoms with Crippen molar-refractivity contribution in [2.24, 2.45) is 0 Å². The Hall–Kier alpha value is -1.39. The number of fused-ring (bicyclic) bond motifs is 1. The molecule has 2 aromatic rings. The van der Waals surface area contributed by atoms with Crippen molar-refractivity contribution in [3.8, 4) is 0 Å². The first-order valence-corrected chi connectivity index (χ1v) is 7.18. The summed E-state index contributed by atoms with van der Waals surface area (Å²) >= 11 is 0. The third kappa shape index (κ3) is 3.33. The summed E-state index contributed by atoms with van der Waals surface area (Å²) in [5.41, 5.74) is 2.19. The zero-order chi connectivity index (χ0) is 12.9. The van der Waals surface area contributed by atoms with Gasteiger partial charge in [0.05, 0.1) is 17.1 Å². The van der Waals surface area contributed by atoms with Gasteiger partial charge in [0.15, 0.2) is 0 Å². The number of nitrogens with one attached hydrogen (secondary N) is 2. The van der Waals surface area contributed by atoms with Crippen LogP contribution in [0.3, 0.4) is 0 Å². The molecule has 3 rings (SSSR count). The largest absolute Gasteiger partial charge is 0.377 e. The summed E-state index contributed by atoms with van der Waals surface area (Å²) in [6, 6.07) is 8.18. The summed E-state index contributed by atoms with van der Waals surface area (Å²) in [6.07, 6.45) is 4.95. The first-order valence-electron chi connectivity index (χ1n) is 7.18. The van der Waals surface area contributed by atoms with Gasteiger partial charge in [-0.3, -0.25) is 0 Å². The Balaban J connectivity index is 1.39. The van der Waals surface area contributed by atoms with E-state index in [4.69, 9.17) is 4.74 Å². The van der Waals surface area contributed by atoms with Crippen LogP contribution in [-0.4, -0.2) is 35.8 Å². The van der Waals surface area contributed by atoms with Crippen molar-refractivity contribution in [2.45, 2.75) is 31.8 Å². The van der Waals surface area contributed by atoms with Gasteiger partial charge in [-0.1, -0.05) is 12.1 Å². The van der Waals surface area contributed by atoms with Crippen LogP contribution in [0.15, 0.2) is 24.3 Å². The molecule has 1 aromatic heterocycles. The molecule has 1 aliphatic heterocycles. The maximum atomic E-state index is 5.58. The molecule has 2 heterocycles. The number of nitrogens with zero attached hydrogens (tertiary/aromatic N) is 1. The lowest BCUT2D eigenvalue weighted by Gasteiger charge is -2.09. The van der Waals surface area contributed by atoms with E-state index in [-0.39, 0.29) is 0 Å². The van der Waals surface area contributed by atoms with Crippen molar-refractivity contribution >= 4 is 11.0 Å². The van der Waals surface area contributed by atoms with Crippen molar-refractivity contribution in [2.75, 3.05) is 19.7 Å². The molecule has 1 fully saturated rings. The lowest BCUT2D eigenvalue weighted by atomic mass is 10.2. The second-order valence-corrected chi connectivity index (χ2v) is 5.14. The maximum Gasteiger partial charge on any atom is 0.107 e. The van der Waals surface area contributed by atoms with Crippen LogP contribution in [0.25, 0.3) is 11.0 Å². The van der Waals surface area contributed by atoms with Gasteiger partial charge in [-0.05, 0) is 37.9 Å². The second kappa shape index (κ2) is 6.17. The molecule has 0 radical (unpaired) electrons. The smallest absolute Gasteiger partial charge is 0.107 e. The first-order chi connectivity index (χ1) is 9.42. The van der Waals surface area contributed by atoms with Crippen molar-refractivity contribution in [1.29, 1.82) is 0 Å². The molecule has 1 atom stereocenters. The van der Waals surface area contributed by atoms with Gasteiger partial charge < -0.3 is 15.0 Å². The van der Waals surface area contributed by atoms with Gasteiger partial charge in [-0.15, -0.1) is 0 Å². The van der Waals surface area contributed by atoms with E-state index in [0.717, 1.165) is 49.4 Å². The van der Waals surface area contributed by atoms with Gasteiger partial charge in [0, 0.05) is 19.6 Å². The number of para-hydroxylation sites is 2. The summed E-state index contributed by atoms with van der Waals surface area (Å²) in [5.74, 6) is 1.08. The number of imidazole rings is 1. The Labute approximate surface area is 113 Å². The van der Waals surface area contributed by atoms with Crippen molar-refractivity contribution in [3.63, 3.8) is 0 Å². The van der Waals surface area contributed by atoms with Gasteiger partial charge in [-0.25, -0.2) is 4.98 Å². The summed E-state index contributed by atoms with van der Waals surface area (Å²) in [5, 5.41) is 3.46. The average molecular weight is 259 g/mol. The highest BCUT2D eigenvalue weighted by atomic mass is 16.5. The minimum Gasteiger partial charge on any atom is -0.377 e. The molecule has 0 aliphatic carbocycles. The van der Waals surface area contributed by atoms with Crippen molar-refractivity contribution < 1.29 is 4.74 Å². The SMILES string of the molecule is c1ccc2[nH]c(CCCNCC3CCCO3)nc2c1. The summed E-state index contributed by atoms with van der Waals surface area (Å²) in [6.45, 7) is 2.95. The molecule has 19 heavy (non-hydrogen) atoms. The first kappa shape index (κ1) is 12.6. The highest BCUT2D eigenvalue weighted by Gasteiger charge is 2.14. The number of aromatic nitrogens is 2. The standard InChI is InChI=1S/C15H21N3O/c1-2-7-14-13(6-1)17-15(18-14)8-3-9-16-11-12-5-4-10-19-12/h1-2,6-7,12,16H,3-5,8-11H2,(H,17,18). The molecule has 1 unspecified atom stereocenters. The van der Waals surface area contributed by atoms with Gasteiger partial charge in [0.2, 0.25) is 0 Å². The molecule has 0 amide bonds. The van der Waals surface area contributed by atoms with Crippen LogP contribution in [0, 0.1) is 0 Å². The molecule has 1 aliphatic rings. The zero-order valence-electron chi connectivity index (χ0n) is 11.2. The summed E-state index contributed by atoms with van der Waals surface area (Å²) < 4.78 is 5.58. The number of H-pyrrole nitrogens is 1. The Morgan fingerprint density at radius 3 is 3.16 bits per heavy atom. The number of rotatable bonds is 6. The van der Waals surface area contributed by atoms with Crippen LogP contribution in [0.5, 0.6) is 0 Å². The average Bonchev–Trinajstić information content (AvgIpc) is 3.06. The predicted molar refractivity (Wildman–Crippen MR) is 76.3 cm³/mol. The normalized spacial score (nSPS) is 19.3. The van der Waals surface area contributed by atoms with Crippen LogP contribution >= 0.6 is 0 Å². The second-order valence-electron chi connectivity index (χ2n) is 5.14. The topological polar surface area (TPSA) is 49.9 Å². The third-order valence-electron chi connectivity index (χ3n) is 3.60. The van der Waals surface area contributed by atoms with Crippen LogP contribution < -0.4 is 5.32 Å². The molecular weight excluding hydrogens is 238 g/mol. The number of hydrogen-bond donors (Lipinski definition) is 2. The number of aromatic amines is 1. The van der Waals surface area contributed by atoms with E-state index in [2.05, 4.69) is 21.4 Å². The minimum atomic E-state index is 0.436. The number of benzene rings is 1. The molecule has 1 saturated heterocycles. The van der Waals surface area contributed by atoms with E-state index in [0.29, 0.717) is 6.10 Å². The Morgan fingerprint density at radius 1 is 1.37 bits per heavy atom. The predicted octanol–water partition coefficient (Wildman–Crippen LogP) is 2.26. The summed E-state index contributed by atoms with van der Waals surface area (Å²) in [4.78, 5) is 7.94. The summed E-state index contributed by atoms with van der Waals surface area (Å²) in [7, 11) is 0. The van der Waals surface area contributed by atoms with E-state index >= 15 is 0 Å². The van der Waals surface area contributed by atoms with Crippen molar-refractivity contribution in [3.05, 3.63) is 30.1 Å². The number of hydrogen-bond acceptors (Lipinski definition) is 3. The molecule has 0 saturated carbocycles. The Bertz CT molecular complexity index is 484. The molecule has 0 bridgehead atoms. The fourth-order valence-corrected chi connectivity index (χ4v) is 2.57. The molecule has 4 heteroatoms. The van der Waals surface area contributed by atoms with Crippen LogP contribution in [0.1, 0.15) is 25.1 Å². The minimum absolute atomic E-state index is 0.436.